The smallest absolute Gasteiger partial charge is 0.380 e. The van der Waals surface area contributed by atoms with Crippen molar-refractivity contribution in [2.45, 2.75) is 11.1 Å². The number of primary sulfonamides is 1. The van der Waals surface area contributed by atoms with Gasteiger partial charge in [0.05, 0.1) is 21.8 Å². The predicted octanol–water partition coefficient (Wildman–Crippen LogP) is 6.23. The van der Waals surface area contributed by atoms with E-state index < -0.39 is 27.7 Å². The molecule has 0 fully saturated rings. The van der Waals surface area contributed by atoms with Gasteiger partial charge in [0.2, 0.25) is 10.0 Å². The number of hydrogen-bond acceptors (Lipinski definition) is 6. The van der Waals surface area contributed by atoms with Crippen molar-refractivity contribution < 1.29 is 31.2 Å². The number of pyridine rings is 1. The summed E-state index contributed by atoms with van der Waals surface area (Å²) in [5, 5.41) is 9.53. The van der Waals surface area contributed by atoms with Gasteiger partial charge in [-0.05, 0) is 65.5 Å². The number of aromatic nitrogens is 1. The van der Waals surface area contributed by atoms with E-state index in [0.717, 1.165) is 29.0 Å². The lowest BCUT2D eigenvalue weighted by Crippen LogP contribution is -2.16. The number of sulfonamides is 1. The Bertz CT molecular complexity index is 1860. The summed E-state index contributed by atoms with van der Waals surface area (Å²) in [5.41, 5.74) is 2.93. The zero-order valence-corrected chi connectivity index (χ0v) is 21.8. The lowest BCUT2D eigenvalue weighted by molar-refractivity contribution is -0.137. The van der Waals surface area contributed by atoms with Crippen molar-refractivity contribution >= 4 is 38.1 Å². The van der Waals surface area contributed by atoms with Crippen LogP contribution in [0.1, 0.15) is 15.9 Å². The molecule has 0 aliphatic rings. The van der Waals surface area contributed by atoms with E-state index in [1.54, 1.807) is 36.7 Å². The van der Waals surface area contributed by atoms with Gasteiger partial charge in [-0.15, -0.1) is 0 Å². The van der Waals surface area contributed by atoms with Crippen LogP contribution in [0.2, 0.25) is 0 Å². The SMILES string of the molecule is NS(=O)(=O)c1ccccc1-c1ccc(C(=O)Nc2cc(C(F)(F)F)ccc2ONc2ccc3ccncc3c2)cc1. The molecule has 5 rings (SSSR count). The largest absolute Gasteiger partial charge is 0.416 e. The summed E-state index contributed by atoms with van der Waals surface area (Å²) >= 11 is 0. The number of amides is 1. The first-order valence-corrected chi connectivity index (χ1v) is 13.6. The van der Waals surface area contributed by atoms with Gasteiger partial charge in [0.25, 0.3) is 5.91 Å². The second-order valence-electron chi connectivity index (χ2n) is 8.92. The fraction of sp³-hybridized carbons (Fsp3) is 0.0345. The molecule has 4 aromatic carbocycles. The van der Waals surface area contributed by atoms with Gasteiger partial charge < -0.3 is 10.2 Å². The molecule has 0 spiro atoms. The van der Waals surface area contributed by atoms with Crippen molar-refractivity contribution in [2.75, 3.05) is 10.8 Å². The second kappa shape index (κ2) is 10.9. The fourth-order valence-electron chi connectivity index (χ4n) is 4.10. The van der Waals surface area contributed by atoms with E-state index in [9.17, 15) is 26.4 Å². The molecule has 0 saturated heterocycles. The van der Waals surface area contributed by atoms with Crippen LogP contribution >= 0.6 is 0 Å². The van der Waals surface area contributed by atoms with Crippen LogP contribution in [0, 0.1) is 0 Å². The molecule has 208 valence electrons. The van der Waals surface area contributed by atoms with Crippen LogP contribution < -0.4 is 20.8 Å². The minimum absolute atomic E-state index is 0.0590. The van der Waals surface area contributed by atoms with E-state index in [2.05, 4.69) is 15.8 Å². The molecule has 0 saturated carbocycles. The van der Waals surface area contributed by atoms with E-state index >= 15 is 0 Å². The molecule has 5 aromatic rings. The Kier molecular flexibility index (Phi) is 7.35. The van der Waals surface area contributed by atoms with Gasteiger partial charge in [-0.1, -0.05) is 36.4 Å². The molecule has 1 aromatic heterocycles. The minimum Gasteiger partial charge on any atom is -0.380 e. The van der Waals surface area contributed by atoms with Crippen molar-refractivity contribution in [3.05, 3.63) is 115 Å². The van der Waals surface area contributed by atoms with Crippen molar-refractivity contribution in [1.29, 1.82) is 0 Å². The molecule has 1 heterocycles. The Morgan fingerprint density at radius 2 is 1.63 bits per heavy atom. The number of nitrogens with two attached hydrogens (primary N) is 1. The third-order valence-electron chi connectivity index (χ3n) is 6.13. The summed E-state index contributed by atoms with van der Waals surface area (Å²) in [7, 11) is -4.00. The fourth-order valence-corrected chi connectivity index (χ4v) is 4.86. The van der Waals surface area contributed by atoms with Crippen LogP contribution in [-0.2, 0) is 16.2 Å². The maximum Gasteiger partial charge on any atom is 0.416 e. The van der Waals surface area contributed by atoms with Gasteiger partial charge in [0.15, 0.2) is 5.75 Å². The number of fused-ring (bicyclic) bond motifs is 1. The van der Waals surface area contributed by atoms with E-state index in [-0.39, 0.29) is 21.9 Å². The first kappa shape index (κ1) is 27.6. The minimum atomic E-state index is -4.66. The summed E-state index contributed by atoms with van der Waals surface area (Å²) in [4.78, 5) is 22.6. The topological polar surface area (TPSA) is 123 Å². The number of nitrogens with one attached hydrogen (secondary N) is 2. The highest BCUT2D eigenvalue weighted by molar-refractivity contribution is 7.89. The normalized spacial score (nSPS) is 11.7. The van der Waals surface area contributed by atoms with E-state index in [0.29, 0.717) is 16.8 Å². The Hall–Kier alpha value is -4.94. The van der Waals surface area contributed by atoms with Crippen LogP contribution in [0.25, 0.3) is 21.9 Å². The van der Waals surface area contributed by atoms with E-state index in [4.69, 9.17) is 9.98 Å². The van der Waals surface area contributed by atoms with Crippen LogP contribution in [-0.4, -0.2) is 19.3 Å². The molecule has 12 heteroatoms. The van der Waals surface area contributed by atoms with Gasteiger partial charge in [0, 0.05) is 28.9 Å². The van der Waals surface area contributed by atoms with Crippen molar-refractivity contribution in [3.8, 4) is 16.9 Å². The Labute approximate surface area is 232 Å². The molecular formula is C29H21F3N4O4S. The first-order chi connectivity index (χ1) is 19.5. The second-order valence-corrected chi connectivity index (χ2v) is 10.5. The van der Waals surface area contributed by atoms with Gasteiger partial charge in [-0.25, -0.2) is 19.0 Å². The molecule has 0 atom stereocenters. The zero-order valence-electron chi connectivity index (χ0n) is 21.0. The first-order valence-electron chi connectivity index (χ1n) is 12.0. The molecule has 8 nitrogen and oxygen atoms in total. The number of carbonyl (C=O) groups is 1. The lowest BCUT2D eigenvalue weighted by Gasteiger charge is -2.16. The van der Waals surface area contributed by atoms with Crippen molar-refractivity contribution in [3.63, 3.8) is 0 Å². The number of carbonyl (C=O) groups excluding carboxylic acids is 1. The summed E-state index contributed by atoms with van der Waals surface area (Å²) in [5.74, 6) is -0.770. The molecule has 0 unspecified atom stereocenters. The quantitative estimate of drug-likeness (QED) is 0.197. The van der Waals surface area contributed by atoms with Crippen molar-refractivity contribution in [2.24, 2.45) is 5.14 Å². The van der Waals surface area contributed by atoms with Crippen LogP contribution in [0.5, 0.6) is 5.75 Å². The molecule has 1 amide bonds. The molecule has 0 bridgehead atoms. The summed E-state index contributed by atoms with van der Waals surface area (Å²) in [6.07, 6.45) is -1.35. The Morgan fingerprint density at radius 1 is 0.878 bits per heavy atom. The molecule has 0 aliphatic heterocycles. The number of rotatable bonds is 7. The lowest BCUT2D eigenvalue weighted by atomic mass is 10.0. The maximum absolute atomic E-state index is 13.5. The third kappa shape index (κ3) is 6.29. The Morgan fingerprint density at radius 3 is 2.37 bits per heavy atom. The van der Waals surface area contributed by atoms with Gasteiger partial charge in [0.1, 0.15) is 0 Å². The molecular weight excluding hydrogens is 557 g/mol. The van der Waals surface area contributed by atoms with Crippen LogP contribution in [0.3, 0.4) is 0 Å². The summed E-state index contributed by atoms with van der Waals surface area (Å²) in [6.45, 7) is 0. The van der Waals surface area contributed by atoms with Crippen molar-refractivity contribution in [1.82, 2.24) is 4.98 Å². The summed E-state index contributed by atoms with van der Waals surface area (Å²) < 4.78 is 64.3. The van der Waals surface area contributed by atoms with Gasteiger partial charge in [-0.3, -0.25) is 9.78 Å². The number of hydrogen-bond donors (Lipinski definition) is 3. The number of benzene rings is 4. The maximum atomic E-state index is 13.5. The van der Waals surface area contributed by atoms with Gasteiger partial charge in [-0.2, -0.15) is 13.2 Å². The highest BCUT2D eigenvalue weighted by Gasteiger charge is 2.31. The van der Waals surface area contributed by atoms with E-state index in [1.807, 2.05) is 12.1 Å². The number of halogens is 3. The average Bonchev–Trinajstić information content (AvgIpc) is 2.95. The molecule has 0 aliphatic carbocycles. The average molecular weight is 579 g/mol. The zero-order chi connectivity index (χ0) is 29.2. The molecule has 4 N–H and O–H groups in total. The monoisotopic (exact) mass is 578 g/mol. The molecule has 41 heavy (non-hydrogen) atoms. The predicted molar refractivity (Wildman–Crippen MR) is 149 cm³/mol. The number of alkyl halides is 3. The highest BCUT2D eigenvalue weighted by Crippen LogP contribution is 2.36. The summed E-state index contributed by atoms with van der Waals surface area (Å²) in [6, 6.07) is 21.8. The molecule has 0 radical (unpaired) electrons. The van der Waals surface area contributed by atoms with Crippen LogP contribution in [0.15, 0.2) is 108 Å². The third-order valence-corrected chi connectivity index (χ3v) is 7.10. The van der Waals surface area contributed by atoms with Gasteiger partial charge >= 0.3 is 6.18 Å². The highest BCUT2D eigenvalue weighted by atomic mass is 32.2. The number of nitrogens with zero attached hydrogens (tertiary/aromatic N) is 1. The van der Waals surface area contributed by atoms with E-state index in [1.165, 1.54) is 36.4 Å². The standard InChI is InChI=1S/C29H21F3N4O4S/c30-29(31,32)22-10-12-26(40-36-23-11-9-18-13-14-34-17-21(18)15-23)25(16-22)35-28(37)20-7-5-19(6-8-20)24-3-1-2-4-27(24)41(33,38)39/h1-17,36H,(H,35,37)(H2,33,38,39). The Balaban J connectivity index is 1.39. The number of anilines is 2. The van der Waals surface area contributed by atoms with Crippen LogP contribution in [0.4, 0.5) is 24.5 Å².